The van der Waals surface area contributed by atoms with Gasteiger partial charge in [0.1, 0.15) is 35.9 Å². The van der Waals surface area contributed by atoms with Crippen molar-refractivity contribution in [2.24, 2.45) is 5.73 Å². The summed E-state index contributed by atoms with van der Waals surface area (Å²) in [7, 11) is -1.19. The molecule has 0 aromatic heterocycles. The zero-order valence-corrected chi connectivity index (χ0v) is 29.5. The minimum Gasteiger partial charge on any atom is -0.461 e. The first kappa shape index (κ1) is 39.7. The normalized spacial score (nSPS) is 14.4. The van der Waals surface area contributed by atoms with Crippen LogP contribution in [0.4, 0.5) is 4.39 Å². The average molecular weight is 772 g/mol. The number of benzene rings is 3. The summed E-state index contributed by atoms with van der Waals surface area (Å²) in [5.41, 5.74) is 9.47. The number of ether oxygens (including phenoxy) is 3. The topological polar surface area (TPSA) is 227 Å². The van der Waals surface area contributed by atoms with Crippen LogP contribution in [0.15, 0.2) is 77.2 Å². The number of nitrogens with two attached hydrogens (primary N) is 1. The molecule has 3 atom stereocenters. The Balaban J connectivity index is 1.56. The van der Waals surface area contributed by atoms with E-state index in [1.165, 1.54) is 36.4 Å². The molecule has 2 N–H and O–H groups in total. The largest absolute Gasteiger partial charge is 0.461 e. The fraction of sp³-hybridized carbons (Fsp3) is 0.235. The number of halogens is 1. The van der Waals surface area contributed by atoms with Gasteiger partial charge in [-0.25, -0.2) is 9.18 Å². The van der Waals surface area contributed by atoms with Gasteiger partial charge in [0.15, 0.2) is 0 Å². The third kappa shape index (κ3) is 11.2. The second kappa shape index (κ2) is 17.9. The van der Waals surface area contributed by atoms with Gasteiger partial charge >= 0.3 is 17.9 Å². The van der Waals surface area contributed by atoms with E-state index in [1.807, 2.05) is 6.08 Å². The Morgan fingerprint density at radius 1 is 0.962 bits per heavy atom. The van der Waals surface area contributed by atoms with Gasteiger partial charge in [-0.05, 0) is 94.9 Å². The molecular weight excluding hydrogens is 742 g/mol. The maximum Gasteiger partial charge on any atom is 0.356 e. The van der Waals surface area contributed by atoms with Crippen molar-refractivity contribution in [2.45, 2.75) is 36.9 Å². The fourth-order valence-corrected chi connectivity index (χ4v) is 5.73. The second-order valence-corrected chi connectivity index (χ2v) is 13.0. The van der Waals surface area contributed by atoms with E-state index in [4.69, 9.17) is 32.2 Å². The standard InChI is InChI=1S/C34H30FN3O13S2/c1-19-27(13-20-3-10-25(11-4-20)53(2)46)26-12-7-22(35)14-29(26)28(19)16-32(40)50-30(34(41)49-23-8-5-21(6-9-23)33(36)52)18-47-31(39)15-24(51-38(44)45)17-48-37(42)43/h3-14,24,30H,15-18H2,1-2H3,(H2,36,52). The van der Waals surface area contributed by atoms with Crippen LogP contribution in [-0.2, 0) is 44.3 Å². The molecule has 0 spiro atoms. The summed E-state index contributed by atoms with van der Waals surface area (Å²) in [6.45, 7) is -0.218. The number of allylic oxidation sites excluding steroid dienone is 2. The van der Waals surface area contributed by atoms with Gasteiger partial charge in [-0.2, -0.15) is 0 Å². The first-order valence-corrected chi connectivity index (χ1v) is 17.3. The molecule has 0 fully saturated rings. The lowest BCUT2D eigenvalue weighted by atomic mass is 10.0. The molecular formula is C34H30FN3O13S2. The number of nitrogens with zero attached hydrogens (tertiary/aromatic N) is 2. The molecule has 1 aliphatic rings. The monoisotopic (exact) mass is 771 g/mol. The van der Waals surface area contributed by atoms with Crippen LogP contribution in [0.1, 0.15) is 42.0 Å². The number of hydrogen-bond donors (Lipinski definition) is 1. The second-order valence-electron chi connectivity index (χ2n) is 11.2. The molecule has 0 amide bonds. The van der Waals surface area contributed by atoms with Gasteiger partial charge in [-0.1, -0.05) is 30.4 Å². The van der Waals surface area contributed by atoms with Gasteiger partial charge in [0, 0.05) is 27.5 Å². The highest BCUT2D eigenvalue weighted by Gasteiger charge is 2.31. The van der Waals surface area contributed by atoms with Crippen molar-refractivity contribution in [2.75, 3.05) is 19.5 Å². The van der Waals surface area contributed by atoms with Crippen LogP contribution in [0.25, 0.3) is 17.2 Å². The zero-order valence-electron chi connectivity index (χ0n) is 27.9. The van der Waals surface area contributed by atoms with Crippen LogP contribution in [0.5, 0.6) is 5.75 Å². The van der Waals surface area contributed by atoms with Crippen LogP contribution in [0, 0.1) is 26.0 Å². The predicted molar refractivity (Wildman–Crippen MR) is 188 cm³/mol. The molecule has 3 aromatic rings. The van der Waals surface area contributed by atoms with Gasteiger partial charge in [-0.3, -0.25) is 13.8 Å². The molecule has 0 bridgehead atoms. The predicted octanol–water partition coefficient (Wildman–Crippen LogP) is 4.15. The SMILES string of the molecule is CC1=C(CC(=O)OC(COC(=O)CC(CO[N+](=O)[O-])O[N+](=O)[O-])C(=O)Oc2ccc(C(N)=S)cc2)c2cc(F)ccc2C1=Cc1ccc(S(C)=O)cc1. The molecule has 3 unspecified atom stereocenters. The van der Waals surface area contributed by atoms with Gasteiger partial charge in [-0.15, -0.1) is 20.2 Å². The molecule has 53 heavy (non-hydrogen) atoms. The Morgan fingerprint density at radius 3 is 2.25 bits per heavy atom. The van der Waals surface area contributed by atoms with E-state index in [9.17, 15) is 43.2 Å². The highest BCUT2D eigenvalue weighted by Crippen LogP contribution is 2.44. The molecule has 3 aromatic carbocycles. The Hall–Kier alpha value is -6.08. The number of esters is 3. The summed E-state index contributed by atoms with van der Waals surface area (Å²) < 4.78 is 42.1. The molecule has 1 aliphatic carbocycles. The van der Waals surface area contributed by atoms with Crippen molar-refractivity contribution in [1.82, 2.24) is 0 Å². The van der Waals surface area contributed by atoms with Crippen LogP contribution in [0.2, 0.25) is 0 Å². The zero-order chi connectivity index (χ0) is 38.8. The van der Waals surface area contributed by atoms with Gasteiger partial charge in [0.05, 0.1) is 12.8 Å². The van der Waals surface area contributed by atoms with E-state index in [0.717, 1.165) is 5.56 Å². The number of hydrogen-bond acceptors (Lipinski definition) is 14. The highest BCUT2D eigenvalue weighted by molar-refractivity contribution is 7.84. The van der Waals surface area contributed by atoms with Crippen molar-refractivity contribution >= 4 is 63.1 Å². The summed E-state index contributed by atoms with van der Waals surface area (Å²) in [4.78, 5) is 69.5. The van der Waals surface area contributed by atoms with Crippen molar-refractivity contribution in [3.8, 4) is 5.75 Å². The number of rotatable bonds is 17. The maximum absolute atomic E-state index is 14.5. The van der Waals surface area contributed by atoms with E-state index in [-0.39, 0.29) is 10.7 Å². The Morgan fingerprint density at radius 2 is 1.64 bits per heavy atom. The lowest BCUT2D eigenvalue weighted by molar-refractivity contribution is -0.789. The smallest absolute Gasteiger partial charge is 0.356 e. The van der Waals surface area contributed by atoms with Gasteiger partial charge in [0.25, 0.3) is 10.2 Å². The molecule has 0 aliphatic heterocycles. The molecule has 278 valence electrons. The summed E-state index contributed by atoms with van der Waals surface area (Å²) in [5, 5.41) is 18.8. The van der Waals surface area contributed by atoms with E-state index < -0.39 is 83.0 Å². The van der Waals surface area contributed by atoms with Crippen molar-refractivity contribution in [3.05, 3.63) is 121 Å². The number of fused-ring (bicyclic) bond motifs is 1. The fourth-order valence-electron chi connectivity index (χ4n) is 5.07. The molecule has 0 heterocycles. The van der Waals surface area contributed by atoms with Crippen molar-refractivity contribution in [3.63, 3.8) is 0 Å². The van der Waals surface area contributed by atoms with E-state index in [0.29, 0.717) is 38.3 Å². The van der Waals surface area contributed by atoms with E-state index in [1.54, 1.807) is 43.5 Å². The molecule has 0 saturated carbocycles. The Kier molecular flexibility index (Phi) is 13.4. The number of carbonyl (C=O) groups is 3. The van der Waals surface area contributed by atoms with E-state index >= 15 is 0 Å². The Labute approximate surface area is 308 Å². The van der Waals surface area contributed by atoms with Crippen LogP contribution < -0.4 is 10.5 Å². The summed E-state index contributed by atoms with van der Waals surface area (Å²) in [6, 6.07) is 16.7. The third-order valence-corrected chi connectivity index (χ3v) is 8.75. The number of thiocarbonyl (C=S) groups is 1. The summed E-state index contributed by atoms with van der Waals surface area (Å²) in [5.74, 6) is -4.02. The van der Waals surface area contributed by atoms with Crippen LogP contribution in [0.3, 0.4) is 0 Å². The quantitative estimate of drug-likeness (QED) is 0.0669. The minimum absolute atomic E-state index is 0.0227. The third-order valence-electron chi connectivity index (χ3n) is 7.58. The molecule has 0 saturated heterocycles. The summed E-state index contributed by atoms with van der Waals surface area (Å²) in [6.07, 6.45) is -1.66. The summed E-state index contributed by atoms with van der Waals surface area (Å²) >= 11 is 4.91. The molecule has 0 radical (unpaired) electrons. The first-order chi connectivity index (χ1) is 25.1. The Bertz CT molecular complexity index is 2020. The van der Waals surface area contributed by atoms with E-state index in [2.05, 4.69) is 9.68 Å². The molecule has 16 nitrogen and oxygen atoms in total. The lowest BCUT2D eigenvalue weighted by Crippen LogP contribution is -2.37. The highest BCUT2D eigenvalue weighted by atomic mass is 32.2. The average Bonchev–Trinajstić information content (AvgIpc) is 3.34. The van der Waals surface area contributed by atoms with Crippen molar-refractivity contribution < 1.29 is 57.0 Å². The molecule has 4 rings (SSSR count). The van der Waals surface area contributed by atoms with Gasteiger partial charge in [0.2, 0.25) is 6.10 Å². The van der Waals surface area contributed by atoms with Crippen LogP contribution in [-0.4, -0.2) is 69.0 Å². The molecule has 19 heteroatoms. The minimum atomic E-state index is -1.89. The van der Waals surface area contributed by atoms with Crippen LogP contribution >= 0.6 is 12.2 Å². The lowest BCUT2D eigenvalue weighted by Gasteiger charge is -2.18. The number of carbonyl (C=O) groups excluding carboxylic acids is 3. The first-order valence-electron chi connectivity index (χ1n) is 15.3. The van der Waals surface area contributed by atoms with Crippen molar-refractivity contribution in [1.29, 1.82) is 0 Å². The van der Waals surface area contributed by atoms with Gasteiger partial charge < -0.3 is 29.6 Å². The maximum atomic E-state index is 14.5.